The minimum atomic E-state index is -0.832. The van der Waals surface area contributed by atoms with Crippen LogP contribution in [0.5, 0.6) is 5.75 Å². The maximum absolute atomic E-state index is 12.1. The van der Waals surface area contributed by atoms with Crippen molar-refractivity contribution < 1.29 is 24.4 Å². The average molecular weight is 501 g/mol. The Balaban J connectivity index is 1.34. The lowest BCUT2D eigenvalue weighted by Gasteiger charge is -2.62. The van der Waals surface area contributed by atoms with Gasteiger partial charge in [-0.15, -0.1) is 0 Å². The third-order valence-electron chi connectivity index (χ3n) is 11.1. The summed E-state index contributed by atoms with van der Waals surface area (Å²) in [6, 6.07) is 8.07. The molecule has 0 aromatic heterocycles. The van der Waals surface area contributed by atoms with Gasteiger partial charge in [0.25, 0.3) is 0 Å². The van der Waals surface area contributed by atoms with E-state index in [0.717, 1.165) is 43.4 Å². The molecule has 0 saturated heterocycles. The van der Waals surface area contributed by atoms with Gasteiger partial charge in [0, 0.05) is 13.2 Å². The van der Waals surface area contributed by atoms with Gasteiger partial charge < -0.3 is 24.4 Å². The number of hydrogen-bond acceptors (Lipinski definition) is 5. The van der Waals surface area contributed by atoms with E-state index < -0.39 is 5.60 Å². The van der Waals surface area contributed by atoms with Crippen molar-refractivity contribution in [2.75, 3.05) is 19.8 Å². The quantitative estimate of drug-likeness (QED) is 0.425. The molecule has 0 aliphatic heterocycles. The highest BCUT2D eigenvalue weighted by Gasteiger charge is 2.61. The van der Waals surface area contributed by atoms with Crippen molar-refractivity contribution in [3.63, 3.8) is 0 Å². The van der Waals surface area contributed by atoms with Gasteiger partial charge in [-0.3, -0.25) is 0 Å². The van der Waals surface area contributed by atoms with Crippen molar-refractivity contribution in [2.45, 2.75) is 103 Å². The van der Waals surface area contributed by atoms with Crippen molar-refractivity contribution in [2.24, 2.45) is 34.5 Å². The third-order valence-corrected chi connectivity index (χ3v) is 11.1. The minimum absolute atomic E-state index is 0.0991. The zero-order chi connectivity index (χ0) is 25.6. The van der Waals surface area contributed by atoms with E-state index in [0.29, 0.717) is 43.5 Å². The van der Waals surface area contributed by atoms with Gasteiger partial charge in [-0.2, -0.15) is 0 Å². The van der Waals surface area contributed by atoms with E-state index in [1.165, 1.54) is 25.7 Å². The predicted octanol–water partition coefficient (Wildman–Crippen LogP) is 6.06. The molecule has 5 nitrogen and oxygen atoms in total. The Labute approximate surface area is 217 Å². The molecule has 0 spiro atoms. The van der Waals surface area contributed by atoms with Crippen LogP contribution >= 0.6 is 0 Å². The molecule has 8 atom stereocenters. The summed E-state index contributed by atoms with van der Waals surface area (Å²) in [5, 5.41) is 22.9. The molecule has 4 fully saturated rings. The SMILES string of the molecule is CCOC(COc1cccc(C2(O)CCC3CC[C@@H]4[C@@H](CC[C@]5(C)C(O)CC[C@@H]45)[C@@]3(C)C2)c1)OCC. The fourth-order valence-electron chi connectivity index (χ4n) is 9.19. The summed E-state index contributed by atoms with van der Waals surface area (Å²) < 4.78 is 17.3. The summed E-state index contributed by atoms with van der Waals surface area (Å²) >= 11 is 0. The molecule has 202 valence electrons. The van der Waals surface area contributed by atoms with Crippen LogP contribution in [0.2, 0.25) is 0 Å². The largest absolute Gasteiger partial charge is 0.488 e. The predicted molar refractivity (Wildman–Crippen MR) is 141 cm³/mol. The van der Waals surface area contributed by atoms with E-state index in [9.17, 15) is 10.2 Å². The van der Waals surface area contributed by atoms with Gasteiger partial charge in [-0.05, 0) is 124 Å². The fourth-order valence-corrected chi connectivity index (χ4v) is 9.19. The van der Waals surface area contributed by atoms with E-state index in [-0.39, 0.29) is 23.2 Å². The summed E-state index contributed by atoms with van der Waals surface area (Å²) in [7, 11) is 0. The van der Waals surface area contributed by atoms with Gasteiger partial charge in [0.1, 0.15) is 12.4 Å². The standard InChI is InChI=1S/C31H48O5/c1-5-34-28(35-6-2)19-36-23-9-7-8-22(18-23)31(33)17-14-21-10-11-24-25-12-13-27(32)29(25,3)16-15-26(24)30(21,4)20-31/h7-9,18,21,24-28,32-33H,5-6,10-17,19-20H2,1-4H3/t21?,24-,25-,26+,27?,29-,30-,31?/m0/s1. The first-order chi connectivity index (χ1) is 17.2. The Morgan fingerprint density at radius 1 is 0.917 bits per heavy atom. The Morgan fingerprint density at radius 3 is 2.42 bits per heavy atom. The molecular formula is C31H48O5. The van der Waals surface area contributed by atoms with E-state index in [1.54, 1.807) is 0 Å². The molecule has 4 aliphatic rings. The number of aliphatic hydroxyl groups is 2. The van der Waals surface area contributed by atoms with Gasteiger partial charge >= 0.3 is 0 Å². The second-order valence-electron chi connectivity index (χ2n) is 12.7. The molecule has 5 rings (SSSR count). The first-order valence-electron chi connectivity index (χ1n) is 14.6. The van der Waals surface area contributed by atoms with E-state index in [2.05, 4.69) is 19.9 Å². The van der Waals surface area contributed by atoms with Crippen LogP contribution in [0.25, 0.3) is 0 Å². The van der Waals surface area contributed by atoms with Crippen LogP contribution < -0.4 is 4.74 Å². The van der Waals surface area contributed by atoms with Crippen LogP contribution in [0.4, 0.5) is 0 Å². The number of fused-ring (bicyclic) bond motifs is 5. The van der Waals surface area contributed by atoms with Crippen molar-refractivity contribution in [3.8, 4) is 5.75 Å². The Hall–Kier alpha value is -1.14. The van der Waals surface area contributed by atoms with Crippen LogP contribution in [0, 0.1) is 34.5 Å². The van der Waals surface area contributed by atoms with Crippen LogP contribution in [0.1, 0.15) is 91.0 Å². The minimum Gasteiger partial charge on any atom is -0.488 e. The van der Waals surface area contributed by atoms with Gasteiger partial charge in [0.05, 0.1) is 11.7 Å². The lowest BCUT2D eigenvalue weighted by Crippen LogP contribution is -2.56. The summed E-state index contributed by atoms with van der Waals surface area (Å²) in [5.74, 6) is 3.41. The summed E-state index contributed by atoms with van der Waals surface area (Å²) in [5.41, 5.74) is 0.378. The van der Waals surface area contributed by atoms with Crippen LogP contribution in [-0.4, -0.2) is 42.4 Å². The second kappa shape index (κ2) is 10.2. The topological polar surface area (TPSA) is 68.2 Å². The van der Waals surface area contributed by atoms with Crippen molar-refractivity contribution >= 4 is 0 Å². The van der Waals surface area contributed by atoms with Crippen LogP contribution in [-0.2, 0) is 15.1 Å². The monoisotopic (exact) mass is 500 g/mol. The molecule has 3 unspecified atom stereocenters. The molecule has 36 heavy (non-hydrogen) atoms. The normalized spacial score (nSPS) is 42.0. The molecule has 0 radical (unpaired) electrons. The average Bonchev–Trinajstić information content (AvgIpc) is 3.17. The zero-order valence-corrected chi connectivity index (χ0v) is 22.9. The van der Waals surface area contributed by atoms with Crippen LogP contribution in [0.3, 0.4) is 0 Å². The Kier molecular flexibility index (Phi) is 7.50. The van der Waals surface area contributed by atoms with Crippen molar-refractivity contribution in [1.29, 1.82) is 0 Å². The molecule has 5 heteroatoms. The summed E-state index contributed by atoms with van der Waals surface area (Å²) in [4.78, 5) is 0. The highest BCUT2D eigenvalue weighted by molar-refractivity contribution is 5.33. The van der Waals surface area contributed by atoms with Crippen molar-refractivity contribution in [3.05, 3.63) is 29.8 Å². The fraction of sp³-hybridized carbons (Fsp3) is 0.806. The zero-order valence-electron chi connectivity index (χ0n) is 22.9. The molecule has 1 aromatic carbocycles. The molecule has 0 amide bonds. The first kappa shape index (κ1) is 26.5. The smallest absolute Gasteiger partial charge is 0.191 e. The van der Waals surface area contributed by atoms with Gasteiger partial charge in [-0.1, -0.05) is 26.0 Å². The first-order valence-corrected chi connectivity index (χ1v) is 14.6. The van der Waals surface area contributed by atoms with Gasteiger partial charge in [-0.25, -0.2) is 0 Å². The molecule has 0 heterocycles. The molecule has 0 bridgehead atoms. The highest BCUT2D eigenvalue weighted by Crippen LogP contribution is 2.67. The molecule has 1 aromatic rings. The number of benzene rings is 1. The number of aliphatic hydroxyl groups excluding tert-OH is 1. The second-order valence-corrected chi connectivity index (χ2v) is 12.7. The van der Waals surface area contributed by atoms with E-state index in [4.69, 9.17) is 14.2 Å². The summed E-state index contributed by atoms with van der Waals surface area (Å²) in [6.45, 7) is 10.2. The third kappa shape index (κ3) is 4.52. The molecular weight excluding hydrogens is 452 g/mol. The van der Waals surface area contributed by atoms with Crippen LogP contribution in [0.15, 0.2) is 24.3 Å². The number of hydrogen-bond donors (Lipinski definition) is 2. The molecule has 2 N–H and O–H groups in total. The van der Waals surface area contributed by atoms with E-state index >= 15 is 0 Å². The molecule has 4 aliphatic carbocycles. The maximum Gasteiger partial charge on any atom is 0.191 e. The Bertz CT molecular complexity index is 899. The van der Waals surface area contributed by atoms with Gasteiger partial charge in [0.2, 0.25) is 0 Å². The lowest BCUT2D eigenvalue weighted by atomic mass is 9.43. The lowest BCUT2D eigenvalue weighted by molar-refractivity contribution is -0.165. The summed E-state index contributed by atoms with van der Waals surface area (Å²) in [6.07, 6.45) is 9.25. The number of ether oxygens (including phenoxy) is 3. The van der Waals surface area contributed by atoms with Crippen molar-refractivity contribution in [1.82, 2.24) is 0 Å². The Morgan fingerprint density at radius 2 is 1.67 bits per heavy atom. The maximum atomic E-state index is 12.1. The van der Waals surface area contributed by atoms with Gasteiger partial charge in [0.15, 0.2) is 6.29 Å². The number of rotatable bonds is 8. The van der Waals surface area contributed by atoms with E-state index in [1.807, 2.05) is 32.0 Å². The highest BCUT2D eigenvalue weighted by atomic mass is 16.7. The molecule has 4 saturated carbocycles.